The average molecular weight is 286 g/mol. The van der Waals surface area contributed by atoms with Gasteiger partial charge in [0.15, 0.2) is 0 Å². The lowest BCUT2D eigenvalue weighted by Crippen LogP contribution is -2.50. The van der Waals surface area contributed by atoms with Gasteiger partial charge in [-0.2, -0.15) is 0 Å². The molecule has 0 bridgehead atoms. The minimum Gasteiger partial charge on any atom is -0.480 e. The van der Waals surface area contributed by atoms with Gasteiger partial charge in [-0.15, -0.1) is 10.2 Å². The molecule has 0 spiro atoms. The molecule has 0 radical (unpaired) electrons. The maximum absolute atomic E-state index is 11.8. The first kappa shape index (κ1) is 13.7. The number of hydrogen-bond acceptors (Lipinski definition) is 5. The second kappa shape index (κ2) is 5.27. The maximum Gasteiger partial charge on any atom is 0.329 e. The number of carboxylic acid groups (broad SMARTS) is 1. The van der Waals surface area contributed by atoms with Gasteiger partial charge in [0.1, 0.15) is 11.1 Å². The van der Waals surface area contributed by atoms with Crippen LogP contribution in [0.15, 0.2) is 24.3 Å². The summed E-state index contributed by atoms with van der Waals surface area (Å²) >= 11 is 0. The lowest BCUT2D eigenvalue weighted by Gasteiger charge is -2.36. The van der Waals surface area contributed by atoms with Gasteiger partial charge in [-0.05, 0) is 30.9 Å². The Labute approximate surface area is 122 Å². The number of fused-ring (bicyclic) bond motifs is 1. The molecule has 1 aromatic heterocycles. The van der Waals surface area contributed by atoms with Crippen LogP contribution in [0.2, 0.25) is 0 Å². The fourth-order valence-electron chi connectivity index (χ4n) is 3.06. The summed E-state index contributed by atoms with van der Waals surface area (Å²) in [5, 5.41) is 20.8. The molecule has 110 valence electrons. The second-order valence-electron chi connectivity index (χ2n) is 5.84. The molecule has 1 aliphatic rings. The Kier molecular flexibility index (Phi) is 3.45. The highest BCUT2D eigenvalue weighted by Gasteiger charge is 2.42. The zero-order chi connectivity index (χ0) is 14.9. The van der Waals surface area contributed by atoms with Crippen LogP contribution < -0.4 is 5.32 Å². The van der Waals surface area contributed by atoms with Gasteiger partial charge < -0.3 is 10.4 Å². The van der Waals surface area contributed by atoms with E-state index in [1.165, 1.54) is 0 Å². The first-order valence-corrected chi connectivity index (χ1v) is 7.20. The lowest BCUT2D eigenvalue weighted by atomic mass is 9.76. The highest BCUT2D eigenvalue weighted by Crippen LogP contribution is 2.34. The van der Waals surface area contributed by atoms with E-state index in [9.17, 15) is 9.90 Å². The zero-order valence-electron chi connectivity index (χ0n) is 11.9. The molecule has 2 atom stereocenters. The van der Waals surface area contributed by atoms with Gasteiger partial charge >= 0.3 is 5.97 Å². The quantitative estimate of drug-likeness (QED) is 0.901. The third-order valence-electron chi connectivity index (χ3n) is 4.12. The van der Waals surface area contributed by atoms with Crippen molar-refractivity contribution in [1.29, 1.82) is 0 Å². The molecule has 3 rings (SSSR count). The number of para-hydroxylation sites is 1. The number of nitrogens with one attached hydrogen (secondary N) is 1. The number of anilines is 1. The van der Waals surface area contributed by atoms with Gasteiger partial charge in [-0.25, -0.2) is 9.78 Å². The van der Waals surface area contributed by atoms with Crippen LogP contribution in [-0.2, 0) is 4.79 Å². The number of nitrogens with zero attached hydrogens (tertiary/aromatic N) is 3. The molecular formula is C15H18N4O2. The highest BCUT2D eigenvalue weighted by molar-refractivity contribution is 5.83. The standard InChI is InChI=1S/C15H18N4O2/c1-10-5-4-8-15(9-10,13(20)21)17-14-16-11-6-2-3-7-12(11)18-19-14/h2-3,6-7,10H,4-5,8-9H2,1H3,(H,20,21)(H,16,17,19). The van der Waals surface area contributed by atoms with Gasteiger partial charge in [0.2, 0.25) is 5.95 Å². The van der Waals surface area contributed by atoms with Crippen molar-refractivity contribution in [2.45, 2.75) is 38.1 Å². The largest absolute Gasteiger partial charge is 0.480 e. The summed E-state index contributed by atoms with van der Waals surface area (Å²) in [6, 6.07) is 7.41. The van der Waals surface area contributed by atoms with E-state index in [4.69, 9.17) is 0 Å². The fourth-order valence-corrected chi connectivity index (χ4v) is 3.06. The van der Waals surface area contributed by atoms with Crippen LogP contribution >= 0.6 is 0 Å². The minimum absolute atomic E-state index is 0.283. The van der Waals surface area contributed by atoms with E-state index in [0.717, 1.165) is 12.8 Å². The van der Waals surface area contributed by atoms with E-state index >= 15 is 0 Å². The van der Waals surface area contributed by atoms with Gasteiger partial charge in [-0.1, -0.05) is 31.9 Å². The molecule has 1 aliphatic carbocycles. The molecule has 1 aromatic carbocycles. The Hall–Kier alpha value is -2.24. The number of rotatable bonds is 3. The van der Waals surface area contributed by atoms with Crippen LogP contribution in [0.5, 0.6) is 0 Å². The van der Waals surface area contributed by atoms with Gasteiger partial charge in [-0.3, -0.25) is 0 Å². The number of hydrogen-bond donors (Lipinski definition) is 2. The molecule has 2 N–H and O–H groups in total. The molecule has 0 amide bonds. The summed E-state index contributed by atoms with van der Waals surface area (Å²) in [7, 11) is 0. The van der Waals surface area contributed by atoms with Crippen molar-refractivity contribution in [1.82, 2.24) is 15.2 Å². The van der Waals surface area contributed by atoms with Crippen LogP contribution in [-0.4, -0.2) is 31.8 Å². The van der Waals surface area contributed by atoms with Crippen molar-refractivity contribution in [2.75, 3.05) is 5.32 Å². The highest BCUT2D eigenvalue weighted by atomic mass is 16.4. The van der Waals surface area contributed by atoms with Gasteiger partial charge in [0.25, 0.3) is 0 Å². The smallest absolute Gasteiger partial charge is 0.329 e. The van der Waals surface area contributed by atoms with Crippen molar-refractivity contribution in [2.24, 2.45) is 5.92 Å². The van der Waals surface area contributed by atoms with Crippen molar-refractivity contribution < 1.29 is 9.90 Å². The summed E-state index contributed by atoms with van der Waals surface area (Å²) < 4.78 is 0. The molecular weight excluding hydrogens is 268 g/mol. The topological polar surface area (TPSA) is 88.0 Å². The van der Waals surface area contributed by atoms with Gasteiger partial charge in [0.05, 0.1) is 5.52 Å². The Morgan fingerprint density at radius 2 is 2.10 bits per heavy atom. The Balaban J connectivity index is 1.92. The van der Waals surface area contributed by atoms with Crippen molar-refractivity contribution >= 4 is 23.0 Å². The normalized spacial score (nSPS) is 25.7. The first-order chi connectivity index (χ1) is 10.1. The molecule has 1 saturated carbocycles. The lowest BCUT2D eigenvalue weighted by molar-refractivity contribution is -0.144. The molecule has 2 unspecified atom stereocenters. The first-order valence-electron chi connectivity index (χ1n) is 7.20. The number of benzene rings is 1. The van der Waals surface area contributed by atoms with Crippen LogP contribution in [0.1, 0.15) is 32.6 Å². The fraction of sp³-hybridized carbons (Fsp3) is 0.467. The SMILES string of the molecule is CC1CCCC(Nc2nnc3ccccc3n2)(C(=O)O)C1. The number of carboxylic acids is 1. The van der Waals surface area contributed by atoms with E-state index in [1.54, 1.807) is 0 Å². The molecule has 1 fully saturated rings. The Bertz CT molecular complexity index is 676. The van der Waals surface area contributed by atoms with Crippen LogP contribution in [0.3, 0.4) is 0 Å². The molecule has 1 heterocycles. The van der Waals surface area contributed by atoms with Crippen molar-refractivity contribution in [3.8, 4) is 0 Å². The number of aromatic nitrogens is 3. The summed E-state index contributed by atoms with van der Waals surface area (Å²) in [6.45, 7) is 2.08. The van der Waals surface area contributed by atoms with Crippen LogP contribution in [0, 0.1) is 5.92 Å². The van der Waals surface area contributed by atoms with Crippen LogP contribution in [0.25, 0.3) is 11.0 Å². The van der Waals surface area contributed by atoms with Crippen molar-refractivity contribution in [3.05, 3.63) is 24.3 Å². The maximum atomic E-state index is 11.8. The van der Waals surface area contributed by atoms with E-state index in [1.807, 2.05) is 24.3 Å². The molecule has 6 nitrogen and oxygen atoms in total. The van der Waals surface area contributed by atoms with E-state index in [0.29, 0.717) is 29.8 Å². The van der Waals surface area contributed by atoms with E-state index in [2.05, 4.69) is 27.4 Å². The summed E-state index contributed by atoms with van der Waals surface area (Å²) in [5.74, 6) is -0.188. The van der Waals surface area contributed by atoms with E-state index < -0.39 is 11.5 Å². The third-order valence-corrected chi connectivity index (χ3v) is 4.12. The third kappa shape index (κ3) is 2.66. The zero-order valence-corrected chi connectivity index (χ0v) is 11.9. The predicted molar refractivity (Wildman–Crippen MR) is 79.0 cm³/mol. The average Bonchev–Trinajstić information content (AvgIpc) is 2.47. The van der Waals surface area contributed by atoms with Gasteiger partial charge in [0, 0.05) is 0 Å². The van der Waals surface area contributed by atoms with E-state index in [-0.39, 0.29) is 5.95 Å². The summed E-state index contributed by atoms with van der Waals surface area (Å²) in [4.78, 5) is 16.1. The number of carbonyl (C=O) groups is 1. The van der Waals surface area contributed by atoms with Crippen molar-refractivity contribution in [3.63, 3.8) is 0 Å². The second-order valence-corrected chi connectivity index (χ2v) is 5.84. The summed E-state index contributed by atoms with van der Waals surface area (Å²) in [6.07, 6.45) is 3.12. The Morgan fingerprint density at radius 1 is 1.33 bits per heavy atom. The summed E-state index contributed by atoms with van der Waals surface area (Å²) in [5.41, 5.74) is 0.422. The van der Waals surface area contributed by atoms with Crippen LogP contribution in [0.4, 0.5) is 5.95 Å². The molecule has 0 saturated heterocycles. The molecule has 0 aliphatic heterocycles. The Morgan fingerprint density at radius 3 is 2.81 bits per heavy atom. The molecule has 2 aromatic rings. The molecule has 6 heteroatoms. The minimum atomic E-state index is -0.984. The number of aliphatic carboxylic acids is 1. The monoisotopic (exact) mass is 286 g/mol. The molecule has 21 heavy (non-hydrogen) atoms. The predicted octanol–water partition coefficient (Wildman–Crippen LogP) is 2.47.